The molecule has 2 fully saturated rings. The predicted molar refractivity (Wildman–Crippen MR) is 63.2 cm³/mol. The van der Waals surface area contributed by atoms with E-state index in [0.717, 1.165) is 31.0 Å². The molecule has 15 heavy (non-hydrogen) atoms. The maximum absolute atomic E-state index is 12.2. The molecular formula is C9H17BrN2O2S. The molecule has 88 valence electrons. The molecule has 0 spiro atoms. The summed E-state index contributed by atoms with van der Waals surface area (Å²) in [5.74, 6) is 0. The zero-order valence-corrected chi connectivity index (χ0v) is 11.1. The molecule has 0 aromatic rings. The van der Waals surface area contributed by atoms with E-state index in [0.29, 0.717) is 19.6 Å². The first-order valence-corrected chi connectivity index (χ1v) is 8.01. The van der Waals surface area contributed by atoms with Crippen molar-refractivity contribution in [2.75, 3.05) is 25.0 Å². The second-order valence-corrected chi connectivity index (χ2v) is 6.70. The molecule has 2 aliphatic heterocycles. The standard InChI is InChI=1S/C9H17BrN2O2S/c10-8-9-4-3-7-12(9)15(13,14)11-5-1-2-6-11/h9H,1-8H2. The highest BCUT2D eigenvalue weighted by atomic mass is 79.9. The Labute approximate surface area is 99.9 Å². The molecule has 2 saturated heterocycles. The highest BCUT2D eigenvalue weighted by molar-refractivity contribution is 9.09. The number of alkyl halides is 1. The number of halogens is 1. The van der Waals surface area contributed by atoms with Gasteiger partial charge in [0.25, 0.3) is 10.2 Å². The van der Waals surface area contributed by atoms with Crippen LogP contribution in [0.15, 0.2) is 0 Å². The lowest BCUT2D eigenvalue weighted by Gasteiger charge is -2.27. The Morgan fingerprint density at radius 1 is 1.13 bits per heavy atom. The van der Waals surface area contributed by atoms with Gasteiger partial charge in [0.1, 0.15) is 0 Å². The molecule has 0 saturated carbocycles. The second-order valence-electron chi connectivity index (χ2n) is 4.18. The molecule has 6 heteroatoms. The van der Waals surface area contributed by atoms with Crippen molar-refractivity contribution in [3.05, 3.63) is 0 Å². The molecule has 0 aromatic carbocycles. The minimum absolute atomic E-state index is 0.163. The first-order valence-electron chi connectivity index (χ1n) is 5.49. The lowest BCUT2D eigenvalue weighted by molar-refractivity contribution is 0.360. The van der Waals surface area contributed by atoms with Crippen LogP contribution in [0, 0.1) is 0 Å². The molecule has 0 amide bonds. The van der Waals surface area contributed by atoms with Crippen LogP contribution in [0.1, 0.15) is 25.7 Å². The van der Waals surface area contributed by atoms with Crippen LogP contribution < -0.4 is 0 Å². The summed E-state index contributed by atoms with van der Waals surface area (Å²) in [6.07, 6.45) is 3.99. The van der Waals surface area contributed by atoms with Crippen molar-refractivity contribution in [3.8, 4) is 0 Å². The lowest BCUT2D eigenvalue weighted by atomic mass is 10.3. The topological polar surface area (TPSA) is 40.6 Å². The van der Waals surface area contributed by atoms with Gasteiger partial charge in [0, 0.05) is 31.0 Å². The first kappa shape index (κ1) is 11.8. The van der Waals surface area contributed by atoms with Gasteiger partial charge in [-0.05, 0) is 25.7 Å². The van der Waals surface area contributed by atoms with E-state index in [1.807, 2.05) is 0 Å². The van der Waals surface area contributed by atoms with Gasteiger partial charge in [-0.25, -0.2) is 0 Å². The monoisotopic (exact) mass is 296 g/mol. The third-order valence-electron chi connectivity index (χ3n) is 3.19. The van der Waals surface area contributed by atoms with Crippen molar-refractivity contribution in [2.24, 2.45) is 0 Å². The molecule has 1 atom stereocenters. The molecule has 1 unspecified atom stereocenters. The summed E-state index contributed by atoms with van der Waals surface area (Å²) in [6.45, 7) is 2.09. The Kier molecular flexibility index (Phi) is 3.70. The molecule has 4 nitrogen and oxygen atoms in total. The number of hydrogen-bond donors (Lipinski definition) is 0. The zero-order chi connectivity index (χ0) is 10.9. The average molecular weight is 297 g/mol. The molecule has 0 N–H and O–H groups in total. The molecule has 0 aromatic heterocycles. The van der Waals surface area contributed by atoms with Gasteiger partial charge in [-0.1, -0.05) is 15.9 Å². The van der Waals surface area contributed by atoms with E-state index in [-0.39, 0.29) is 6.04 Å². The summed E-state index contributed by atoms with van der Waals surface area (Å²) in [7, 11) is -3.16. The highest BCUT2D eigenvalue weighted by Crippen LogP contribution is 2.26. The molecular weight excluding hydrogens is 280 g/mol. The number of rotatable bonds is 3. The fourth-order valence-corrected chi connectivity index (χ4v) is 5.13. The quantitative estimate of drug-likeness (QED) is 0.734. The predicted octanol–water partition coefficient (Wildman–Crippen LogP) is 1.19. The van der Waals surface area contributed by atoms with E-state index in [1.165, 1.54) is 0 Å². The Morgan fingerprint density at radius 3 is 2.40 bits per heavy atom. The number of nitrogens with zero attached hydrogens (tertiary/aromatic N) is 2. The summed E-state index contributed by atoms with van der Waals surface area (Å²) < 4.78 is 27.8. The van der Waals surface area contributed by atoms with Gasteiger partial charge in [0.15, 0.2) is 0 Å². The molecule has 0 radical (unpaired) electrons. The second kappa shape index (κ2) is 4.69. The third-order valence-corrected chi connectivity index (χ3v) is 6.03. The van der Waals surface area contributed by atoms with Crippen LogP contribution in [0.2, 0.25) is 0 Å². The van der Waals surface area contributed by atoms with Crippen LogP contribution >= 0.6 is 15.9 Å². The SMILES string of the molecule is O=S(=O)(N1CCCC1)N1CCCC1CBr. The fourth-order valence-electron chi connectivity index (χ4n) is 2.33. The fraction of sp³-hybridized carbons (Fsp3) is 1.00. The minimum atomic E-state index is -3.16. The van der Waals surface area contributed by atoms with Crippen molar-refractivity contribution in [1.82, 2.24) is 8.61 Å². The van der Waals surface area contributed by atoms with E-state index >= 15 is 0 Å². The van der Waals surface area contributed by atoms with Crippen molar-refractivity contribution < 1.29 is 8.42 Å². The summed E-state index contributed by atoms with van der Waals surface area (Å²) in [4.78, 5) is 0. The lowest BCUT2D eigenvalue weighted by Crippen LogP contribution is -2.45. The van der Waals surface area contributed by atoms with Crippen molar-refractivity contribution in [1.29, 1.82) is 0 Å². The summed E-state index contributed by atoms with van der Waals surface area (Å²) >= 11 is 3.39. The smallest absolute Gasteiger partial charge is 0.195 e. The zero-order valence-electron chi connectivity index (χ0n) is 8.73. The van der Waals surface area contributed by atoms with Gasteiger partial charge in [-0.2, -0.15) is 17.0 Å². The minimum Gasteiger partial charge on any atom is -0.195 e. The van der Waals surface area contributed by atoms with Crippen LogP contribution in [0.4, 0.5) is 0 Å². The summed E-state index contributed by atoms with van der Waals surface area (Å²) in [5, 5.41) is 0.750. The highest BCUT2D eigenvalue weighted by Gasteiger charge is 2.38. The Hall–Kier alpha value is 0.350. The van der Waals surface area contributed by atoms with Crippen LogP contribution in [0.3, 0.4) is 0 Å². The molecule has 0 aliphatic carbocycles. The van der Waals surface area contributed by atoms with Crippen molar-refractivity contribution in [3.63, 3.8) is 0 Å². The third kappa shape index (κ3) is 2.23. The summed E-state index contributed by atoms with van der Waals surface area (Å²) in [6, 6.07) is 0.163. The first-order chi connectivity index (χ1) is 7.16. The molecule has 2 heterocycles. The Morgan fingerprint density at radius 2 is 1.80 bits per heavy atom. The summed E-state index contributed by atoms with van der Waals surface area (Å²) in [5.41, 5.74) is 0. The van der Waals surface area contributed by atoms with Crippen LogP contribution in [0.25, 0.3) is 0 Å². The van der Waals surface area contributed by atoms with E-state index in [2.05, 4.69) is 15.9 Å². The van der Waals surface area contributed by atoms with Crippen molar-refractivity contribution >= 4 is 26.1 Å². The van der Waals surface area contributed by atoms with Gasteiger partial charge in [0.2, 0.25) is 0 Å². The van der Waals surface area contributed by atoms with Crippen molar-refractivity contribution in [2.45, 2.75) is 31.7 Å². The molecule has 2 aliphatic rings. The van der Waals surface area contributed by atoms with Gasteiger partial charge in [0.05, 0.1) is 0 Å². The maximum atomic E-state index is 12.2. The van der Waals surface area contributed by atoms with E-state index in [9.17, 15) is 8.42 Å². The van der Waals surface area contributed by atoms with Crippen LogP contribution in [-0.2, 0) is 10.2 Å². The van der Waals surface area contributed by atoms with E-state index < -0.39 is 10.2 Å². The average Bonchev–Trinajstić information content (AvgIpc) is 2.89. The Balaban J connectivity index is 2.13. The van der Waals surface area contributed by atoms with Crippen LogP contribution in [0.5, 0.6) is 0 Å². The number of hydrogen-bond acceptors (Lipinski definition) is 2. The Bertz CT molecular complexity index is 314. The van der Waals surface area contributed by atoms with E-state index in [4.69, 9.17) is 0 Å². The maximum Gasteiger partial charge on any atom is 0.282 e. The van der Waals surface area contributed by atoms with E-state index in [1.54, 1.807) is 8.61 Å². The van der Waals surface area contributed by atoms with Crippen LogP contribution in [-0.4, -0.2) is 48.0 Å². The molecule has 0 bridgehead atoms. The molecule has 2 rings (SSSR count). The van der Waals surface area contributed by atoms with Gasteiger partial charge in [-0.3, -0.25) is 0 Å². The van der Waals surface area contributed by atoms with Gasteiger partial charge < -0.3 is 0 Å². The van der Waals surface area contributed by atoms with Gasteiger partial charge in [-0.15, -0.1) is 0 Å². The normalized spacial score (nSPS) is 30.1. The largest absolute Gasteiger partial charge is 0.282 e. The van der Waals surface area contributed by atoms with Gasteiger partial charge >= 0.3 is 0 Å².